The second kappa shape index (κ2) is 10.2. The Morgan fingerprint density at radius 3 is 2.41 bits per heavy atom. The van der Waals surface area contributed by atoms with Crippen LogP contribution in [0.4, 0.5) is 11.4 Å². The van der Waals surface area contributed by atoms with E-state index in [1.165, 1.54) is 6.07 Å². The average molecular weight is 478 g/mol. The molecular weight excluding hydrogens is 450 g/mol. The second-order valence-electron chi connectivity index (χ2n) is 8.27. The van der Waals surface area contributed by atoms with Gasteiger partial charge in [0.15, 0.2) is 0 Å². The molecule has 1 aliphatic rings. The predicted molar refractivity (Wildman–Crippen MR) is 132 cm³/mol. The monoisotopic (exact) mass is 477 g/mol. The molecule has 1 heterocycles. The lowest BCUT2D eigenvalue weighted by Gasteiger charge is -2.21. The number of rotatable bonds is 8. The van der Waals surface area contributed by atoms with Gasteiger partial charge in [-0.3, -0.25) is 9.59 Å². The maximum absolute atomic E-state index is 13.2. The number of amides is 2. The molecule has 0 spiro atoms. The van der Waals surface area contributed by atoms with E-state index < -0.39 is 22.0 Å². The molecular formula is C26H27N3O4S. The lowest BCUT2D eigenvalue weighted by atomic mass is 10.0. The Bertz CT molecular complexity index is 1290. The summed E-state index contributed by atoms with van der Waals surface area (Å²) in [6.45, 7) is 2.05. The fraction of sp³-hybridized carbons (Fsp3) is 0.231. The van der Waals surface area contributed by atoms with Gasteiger partial charge in [-0.1, -0.05) is 49.4 Å². The number of sulfonamides is 1. The van der Waals surface area contributed by atoms with Crippen LogP contribution in [-0.2, 0) is 38.9 Å². The van der Waals surface area contributed by atoms with E-state index in [0.29, 0.717) is 24.2 Å². The number of nitrogens with one attached hydrogen (secondary N) is 3. The topological polar surface area (TPSA) is 104 Å². The molecule has 0 aliphatic carbocycles. The molecule has 3 aromatic rings. The maximum atomic E-state index is 13.2. The minimum atomic E-state index is -4.00. The number of fused-ring (bicyclic) bond motifs is 1. The summed E-state index contributed by atoms with van der Waals surface area (Å²) in [6, 6.07) is 20.3. The molecule has 176 valence electrons. The van der Waals surface area contributed by atoms with Crippen LogP contribution >= 0.6 is 0 Å². The van der Waals surface area contributed by atoms with Crippen molar-refractivity contribution < 1.29 is 18.0 Å². The van der Waals surface area contributed by atoms with E-state index in [0.717, 1.165) is 23.1 Å². The number of hydrogen-bond donors (Lipinski definition) is 3. The van der Waals surface area contributed by atoms with Gasteiger partial charge in [0, 0.05) is 17.8 Å². The van der Waals surface area contributed by atoms with Crippen molar-refractivity contribution >= 4 is 33.2 Å². The first kappa shape index (κ1) is 23.7. The van der Waals surface area contributed by atoms with Crippen molar-refractivity contribution in [1.82, 2.24) is 4.72 Å². The summed E-state index contributed by atoms with van der Waals surface area (Å²) >= 11 is 0. The van der Waals surface area contributed by atoms with Crippen molar-refractivity contribution in [2.45, 2.75) is 43.5 Å². The Kier molecular flexibility index (Phi) is 7.09. The number of carbonyl (C=O) groups excluding carboxylic acids is 2. The Morgan fingerprint density at radius 1 is 0.971 bits per heavy atom. The third-order valence-electron chi connectivity index (χ3n) is 5.81. The van der Waals surface area contributed by atoms with E-state index in [9.17, 15) is 18.0 Å². The van der Waals surface area contributed by atoms with Crippen molar-refractivity contribution in [3.05, 3.63) is 89.5 Å². The summed E-state index contributed by atoms with van der Waals surface area (Å²) in [6.07, 6.45) is 1.85. The third kappa shape index (κ3) is 5.70. The van der Waals surface area contributed by atoms with E-state index in [1.807, 2.05) is 61.5 Å². The van der Waals surface area contributed by atoms with Gasteiger partial charge in [0.05, 0.1) is 4.90 Å². The zero-order valence-corrected chi connectivity index (χ0v) is 19.7. The molecule has 0 saturated carbocycles. The number of benzene rings is 3. The third-order valence-corrected chi connectivity index (χ3v) is 7.28. The van der Waals surface area contributed by atoms with Crippen LogP contribution in [-0.4, -0.2) is 26.3 Å². The van der Waals surface area contributed by atoms with Crippen molar-refractivity contribution in [2.75, 3.05) is 10.6 Å². The molecule has 1 unspecified atom stereocenters. The standard InChI is InChI=1S/C26H27N3O4S/c1-2-18-8-11-21(12-9-18)27-26(31)24(16-19-6-4-3-5-7-19)29-34(32,33)22-13-14-23-20(17-22)10-15-25(30)28-23/h3-9,11-14,17,24,29H,2,10,15-16H2,1H3,(H,27,31)(H,28,30). The van der Waals surface area contributed by atoms with Gasteiger partial charge >= 0.3 is 0 Å². The summed E-state index contributed by atoms with van der Waals surface area (Å²) in [7, 11) is -4.00. The fourth-order valence-electron chi connectivity index (χ4n) is 3.87. The first-order valence-electron chi connectivity index (χ1n) is 11.2. The summed E-state index contributed by atoms with van der Waals surface area (Å²) in [5.41, 5.74) is 3.94. The molecule has 8 heteroatoms. The lowest BCUT2D eigenvalue weighted by molar-refractivity contribution is -0.118. The zero-order valence-electron chi connectivity index (χ0n) is 18.9. The molecule has 3 aromatic carbocycles. The molecule has 0 aromatic heterocycles. The zero-order chi connectivity index (χ0) is 24.1. The Morgan fingerprint density at radius 2 is 1.71 bits per heavy atom. The highest BCUT2D eigenvalue weighted by molar-refractivity contribution is 7.89. The average Bonchev–Trinajstić information content (AvgIpc) is 2.84. The summed E-state index contributed by atoms with van der Waals surface area (Å²) in [4.78, 5) is 24.8. The van der Waals surface area contributed by atoms with Crippen molar-refractivity contribution in [2.24, 2.45) is 0 Å². The SMILES string of the molecule is CCc1ccc(NC(=O)C(Cc2ccccc2)NS(=O)(=O)c2ccc3c(c2)CCC(=O)N3)cc1. The Labute approximate surface area is 199 Å². The van der Waals surface area contributed by atoms with Gasteiger partial charge in [-0.15, -0.1) is 0 Å². The van der Waals surface area contributed by atoms with Gasteiger partial charge in [-0.05, 0) is 66.3 Å². The van der Waals surface area contributed by atoms with Gasteiger partial charge < -0.3 is 10.6 Å². The van der Waals surface area contributed by atoms with Crippen molar-refractivity contribution in [3.63, 3.8) is 0 Å². The van der Waals surface area contributed by atoms with E-state index in [-0.39, 0.29) is 17.2 Å². The van der Waals surface area contributed by atoms with Crippen molar-refractivity contribution in [1.29, 1.82) is 0 Å². The highest BCUT2D eigenvalue weighted by Gasteiger charge is 2.27. The van der Waals surface area contributed by atoms with Crippen LogP contribution in [0.3, 0.4) is 0 Å². The molecule has 0 fully saturated rings. The summed E-state index contributed by atoms with van der Waals surface area (Å²) < 4.78 is 29.1. The van der Waals surface area contributed by atoms with E-state index in [4.69, 9.17) is 0 Å². The summed E-state index contributed by atoms with van der Waals surface area (Å²) in [5, 5.41) is 5.58. The smallest absolute Gasteiger partial charge is 0.242 e. The minimum Gasteiger partial charge on any atom is -0.326 e. The van der Waals surface area contributed by atoms with Gasteiger partial charge in [0.2, 0.25) is 21.8 Å². The normalized spacial score (nSPS) is 14.1. The summed E-state index contributed by atoms with van der Waals surface area (Å²) in [5.74, 6) is -0.533. The molecule has 3 N–H and O–H groups in total. The molecule has 0 radical (unpaired) electrons. The number of anilines is 2. The first-order valence-corrected chi connectivity index (χ1v) is 12.7. The molecule has 0 saturated heterocycles. The lowest BCUT2D eigenvalue weighted by Crippen LogP contribution is -2.45. The van der Waals surface area contributed by atoms with Crippen LogP contribution < -0.4 is 15.4 Å². The van der Waals surface area contributed by atoms with E-state index in [2.05, 4.69) is 15.4 Å². The molecule has 7 nitrogen and oxygen atoms in total. The molecule has 1 atom stereocenters. The molecule has 0 bridgehead atoms. The van der Waals surface area contributed by atoms with Crippen LogP contribution in [0, 0.1) is 0 Å². The molecule has 2 amide bonds. The number of aryl methyl sites for hydroxylation is 2. The minimum absolute atomic E-state index is 0.0561. The Hall–Kier alpha value is -3.49. The first-order chi connectivity index (χ1) is 16.3. The predicted octanol–water partition coefficient (Wildman–Crippen LogP) is 3.66. The molecule has 4 rings (SSSR count). The van der Waals surface area contributed by atoms with Gasteiger partial charge in [0.25, 0.3) is 0 Å². The van der Waals surface area contributed by atoms with Gasteiger partial charge in [-0.2, -0.15) is 4.72 Å². The van der Waals surface area contributed by atoms with Crippen LogP contribution in [0.2, 0.25) is 0 Å². The quantitative estimate of drug-likeness (QED) is 0.461. The molecule has 34 heavy (non-hydrogen) atoms. The van der Waals surface area contributed by atoms with E-state index in [1.54, 1.807) is 12.1 Å². The van der Waals surface area contributed by atoms with Gasteiger partial charge in [-0.25, -0.2) is 8.42 Å². The van der Waals surface area contributed by atoms with Crippen LogP contribution in [0.15, 0.2) is 77.7 Å². The van der Waals surface area contributed by atoms with Crippen molar-refractivity contribution in [3.8, 4) is 0 Å². The fourth-order valence-corrected chi connectivity index (χ4v) is 5.12. The highest BCUT2D eigenvalue weighted by atomic mass is 32.2. The van der Waals surface area contributed by atoms with Gasteiger partial charge in [0.1, 0.15) is 6.04 Å². The number of hydrogen-bond acceptors (Lipinski definition) is 4. The largest absolute Gasteiger partial charge is 0.326 e. The van der Waals surface area contributed by atoms with Crippen LogP contribution in [0.1, 0.15) is 30.0 Å². The van der Waals surface area contributed by atoms with E-state index >= 15 is 0 Å². The highest BCUT2D eigenvalue weighted by Crippen LogP contribution is 2.25. The van der Waals surface area contributed by atoms with Crippen LogP contribution in [0.5, 0.6) is 0 Å². The number of carbonyl (C=O) groups is 2. The molecule has 1 aliphatic heterocycles. The second-order valence-corrected chi connectivity index (χ2v) is 9.98. The Balaban J connectivity index is 1.57. The maximum Gasteiger partial charge on any atom is 0.242 e. The van der Waals surface area contributed by atoms with Crippen LogP contribution in [0.25, 0.3) is 0 Å².